The predicted molar refractivity (Wildman–Crippen MR) is 91.3 cm³/mol. The number of nitrogens with zero attached hydrogens (tertiary/aromatic N) is 1. The molecule has 3 rings (SSSR count). The summed E-state index contributed by atoms with van der Waals surface area (Å²) in [5.41, 5.74) is 15.8. The molecule has 0 aliphatic heterocycles. The quantitative estimate of drug-likeness (QED) is 0.630. The molecule has 5 N–H and O–H groups in total. The summed E-state index contributed by atoms with van der Waals surface area (Å²) in [5, 5.41) is 0. The van der Waals surface area contributed by atoms with Gasteiger partial charge in [-0.2, -0.15) is 0 Å². The lowest BCUT2D eigenvalue weighted by Crippen LogP contribution is -1.95. The number of nitrogens with two attached hydrogens (primary N) is 2. The van der Waals surface area contributed by atoms with Crippen LogP contribution < -0.4 is 11.5 Å². The van der Waals surface area contributed by atoms with E-state index in [1.54, 1.807) is 0 Å². The van der Waals surface area contributed by atoms with Crippen molar-refractivity contribution in [3.05, 3.63) is 65.9 Å². The minimum atomic E-state index is 0.583. The van der Waals surface area contributed by atoms with E-state index in [9.17, 15) is 0 Å². The zero-order valence-corrected chi connectivity index (χ0v) is 12.4. The lowest BCUT2D eigenvalue weighted by Gasteiger charge is -2.01. The largest absolute Gasteiger partial charge is 0.399 e. The number of aromatic nitrogens is 2. The van der Waals surface area contributed by atoms with Crippen LogP contribution in [0.1, 0.15) is 17.7 Å². The molecule has 0 aliphatic carbocycles. The van der Waals surface area contributed by atoms with Crippen LogP contribution in [0, 0.1) is 0 Å². The molecule has 0 amide bonds. The van der Waals surface area contributed by atoms with Crippen LogP contribution in [0.5, 0.6) is 0 Å². The molecule has 2 aromatic carbocycles. The van der Waals surface area contributed by atoms with Crippen molar-refractivity contribution < 1.29 is 0 Å². The van der Waals surface area contributed by atoms with Gasteiger partial charge in [0.15, 0.2) is 0 Å². The molecule has 4 nitrogen and oxygen atoms in total. The molecule has 0 fully saturated rings. The van der Waals surface area contributed by atoms with E-state index < -0.39 is 0 Å². The Morgan fingerprint density at radius 1 is 0.864 bits per heavy atom. The first-order valence-corrected chi connectivity index (χ1v) is 7.46. The van der Waals surface area contributed by atoms with Gasteiger partial charge >= 0.3 is 0 Å². The van der Waals surface area contributed by atoms with Gasteiger partial charge in [0.05, 0.1) is 5.69 Å². The van der Waals surface area contributed by atoms with Gasteiger partial charge in [-0.3, -0.25) is 0 Å². The summed E-state index contributed by atoms with van der Waals surface area (Å²) < 4.78 is 0. The number of aromatic amines is 1. The third kappa shape index (κ3) is 3.28. The molecule has 0 atom stereocenters. The first-order valence-electron chi connectivity index (χ1n) is 7.46. The Bertz CT molecular complexity index is 730. The molecule has 0 aliphatic rings. The van der Waals surface area contributed by atoms with Crippen LogP contribution in [0.4, 0.5) is 11.5 Å². The Balaban J connectivity index is 1.66. The standard InChI is InChI=1S/C18H20N4/c19-15-11-9-14(10-12-15)18-21-16(17(20)22-18)8-4-7-13-5-2-1-3-6-13/h1-3,5-6,9-12H,4,7-8,19-20H2,(H,21,22). The zero-order chi connectivity index (χ0) is 15.4. The number of rotatable bonds is 5. The van der Waals surface area contributed by atoms with E-state index in [4.69, 9.17) is 11.5 Å². The molecule has 4 heteroatoms. The topological polar surface area (TPSA) is 80.7 Å². The molecule has 3 aromatic rings. The van der Waals surface area contributed by atoms with Crippen LogP contribution >= 0.6 is 0 Å². The van der Waals surface area contributed by atoms with Gasteiger partial charge in [-0.1, -0.05) is 30.3 Å². The highest BCUT2D eigenvalue weighted by atomic mass is 15.0. The molecule has 22 heavy (non-hydrogen) atoms. The Kier molecular flexibility index (Phi) is 4.10. The van der Waals surface area contributed by atoms with Crippen molar-refractivity contribution in [3.63, 3.8) is 0 Å². The molecule has 0 radical (unpaired) electrons. The van der Waals surface area contributed by atoms with Crippen LogP contribution in [0.25, 0.3) is 11.4 Å². The van der Waals surface area contributed by atoms with Crippen molar-refractivity contribution in [3.8, 4) is 11.4 Å². The van der Waals surface area contributed by atoms with E-state index in [-0.39, 0.29) is 0 Å². The van der Waals surface area contributed by atoms with Gasteiger partial charge in [0.2, 0.25) is 0 Å². The lowest BCUT2D eigenvalue weighted by molar-refractivity contribution is 0.806. The number of nitrogens with one attached hydrogen (secondary N) is 1. The van der Waals surface area contributed by atoms with Gasteiger partial charge in [0, 0.05) is 11.3 Å². The number of benzene rings is 2. The number of anilines is 2. The summed E-state index contributed by atoms with van der Waals surface area (Å²) in [4.78, 5) is 7.74. The third-order valence-corrected chi connectivity index (χ3v) is 3.73. The van der Waals surface area contributed by atoms with E-state index in [1.807, 2.05) is 30.3 Å². The van der Waals surface area contributed by atoms with Gasteiger partial charge in [-0.15, -0.1) is 0 Å². The second kappa shape index (κ2) is 6.35. The molecule has 1 aromatic heterocycles. The molecule has 0 unspecified atom stereocenters. The summed E-state index contributed by atoms with van der Waals surface area (Å²) in [6.45, 7) is 0. The summed E-state index contributed by atoms with van der Waals surface area (Å²) in [6, 6.07) is 18.1. The van der Waals surface area contributed by atoms with E-state index in [0.717, 1.165) is 42.0 Å². The van der Waals surface area contributed by atoms with Crippen molar-refractivity contribution in [1.82, 2.24) is 9.97 Å². The molecule has 0 saturated carbocycles. The normalized spacial score (nSPS) is 10.7. The van der Waals surface area contributed by atoms with Crippen LogP contribution in [0.2, 0.25) is 0 Å². The maximum atomic E-state index is 6.02. The van der Waals surface area contributed by atoms with Gasteiger partial charge < -0.3 is 16.5 Å². The summed E-state index contributed by atoms with van der Waals surface area (Å²) in [6.07, 6.45) is 2.97. The maximum absolute atomic E-state index is 6.02. The fraction of sp³-hybridized carbons (Fsp3) is 0.167. The first-order chi connectivity index (χ1) is 10.7. The highest BCUT2D eigenvalue weighted by Gasteiger charge is 2.09. The van der Waals surface area contributed by atoms with Gasteiger partial charge in [-0.25, -0.2) is 4.98 Å². The highest BCUT2D eigenvalue weighted by molar-refractivity contribution is 5.61. The maximum Gasteiger partial charge on any atom is 0.145 e. The molecule has 0 saturated heterocycles. The molecule has 112 valence electrons. The second-order valence-corrected chi connectivity index (χ2v) is 5.41. The first kappa shape index (κ1) is 14.2. The van der Waals surface area contributed by atoms with E-state index in [0.29, 0.717) is 5.82 Å². The van der Waals surface area contributed by atoms with Crippen molar-refractivity contribution in [2.75, 3.05) is 11.5 Å². The van der Waals surface area contributed by atoms with E-state index >= 15 is 0 Å². The van der Waals surface area contributed by atoms with E-state index in [2.05, 4.69) is 34.2 Å². The monoisotopic (exact) mass is 292 g/mol. The van der Waals surface area contributed by atoms with Crippen molar-refractivity contribution >= 4 is 11.5 Å². The molecular weight excluding hydrogens is 272 g/mol. The van der Waals surface area contributed by atoms with Gasteiger partial charge in [0.25, 0.3) is 0 Å². The minimum absolute atomic E-state index is 0.583. The van der Waals surface area contributed by atoms with Crippen LogP contribution in [0.15, 0.2) is 54.6 Å². The SMILES string of the molecule is Nc1ccc(-c2nc(N)c(CCCc3ccccc3)[nH]2)cc1. The van der Waals surface area contributed by atoms with Crippen molar-refractivity contribution in [1.29, 1.82) is 0 Å². The molecular formula is C18H20N4. The number of nitrogen functional groups attached to an aromatic ring is 2. The summed E-state index contributed by atoms with van der Waals surface area (Å²) in [7, 11) is 0. The molecule has 0 spiro atoms. The third-order valence-electron chi connectivity index (χ3n) is 3.73. The Morgan fingerprint density at radius 2 is 1.59 bits per heavy atom. The van der Waals surface area contributed by atoms with Gasteiger partial charge in [-0.05, 0) is 49.1 Å². The van der Waals surface area contributed by atoms with E-state index in [1.165, 1.54) is 5.56 Å². The average molecular weight is 292 g/mol. The number of aryl methyl sites for hydroxylation is 2. The Labute approximate surface area is 130 Å². The number of H-pyrrole nitrogens is 1. The van der Waals surface area contributed by atoms with Crippen molar-refractivity contribution in [2.45, 2.75) is 19.3 Å². The molecule has 0 bridgehead atoms. The smallest absolute Gasteiger partial charge is 0.145 e. The zero-order valence-electron chi connectivity index (χ0n) is 12.4. The summed E-state index contributed by atoms with van der Waals surface area (Å²) in [5.74, 6) is 1.38. The summed E-state index contributed by atoms with van der Waals surface area (Å²) >= 11 is 0. The predicted octanol–water partition coefficient (Wildman–Crippen LogP) is 3.42. The fourth-order valence-corrected chi connectivity index (χ4v) is 2.51. The number of hydrogen-bond acceptors (Lipinski definition) is 3. The Hall–Kier alpha value is -2.75. The van der Waals surface area contributed by atoms with Gasteiger partial charge in [0.1, 0.15) is 11.6 Å². The Morgan fingerprint density at radius 3 is 2.32 bits per heavy atom. The lowest BCUT2D eigenvalue weighted by atomic mass is 10.1. The second-order valence-electron chi connectivity index (χ2n) is 5.41. The molecule has 1 heterocycles. The number of hydrogen-bond donors (Lipinski definition) is 3. The van der Waals surface area contributed by atoms with Crippen LogP contribution in [0.3, 0.4) is 0 Å². The minimum Gasteiger partial charge on any atom is -0.399 e. The fourth-order valence-electron chi connectivity index (χ4n) is 2.51. The average Bonchev–Trinajstić information content (AvgIpc) is 2.90. The van der Waals surface area contributed by atoms with Crippen LogP contribution in [-0.2, 0) is 12.8 Å². The van der Waals surface area contributed by atoms with Crippen LogP contribution in [-0.4, -0.2) is 9.97 Å². The highest BCUT2D eigenvalue weighted by Crippen LogP contribution is 2.21. The van der Waals surface area contributed by atoms with Crippen molar-refractivity contribution in [2.24, 2.45) is 0 Å². The number of imidazole rings is 1.